The molecule has 6 heteroatoms. The second-order valence-corrected chi connectivity index (χ2v) is 4.56. The number of nitrogens with zero attached hydrogens (tertiary/aromatic N) is 1. The Balaban J connectivity index is 2.48. The van der Waals surface area contributed by atoms with Crippen LogP contribution < -0.4 is 5.32 Å². The molecule has 0 unspecified atom stereocenters. The van der Waals surface area contributed by atoms with E-state index in [1.54, 1.807) is 17.0 Å². The summed E-state index contributed by atoms with van der Waals surface area (Å²) in [5.41, 5.74) is 1.80. The maximum Gasteiger partial charge on any atom is 0.304 e. The van der Waals surface area contributed by atoms with E-state index in [9.17, 15) is 9.59 Å². The highest BCUT2D eigenvalue weighted by atomic mass is 16.4. The summed E-state index contributed by atoms with van der Waals surface area (Å²) in [6.45, 7) is 2.41. The number of hydrogen-bond acceptors (Lipinski definition) is 4. The highest BCUT2D eigenvalue weighted by molar-refractivity contribution is 5.92. The average molecular weight is 280 g/mol. The summed E-state index contributed by atoms with van der Waals surface area (Å²) in [5.74, 6) is -1.15. The Morgan fingerprint density at radius 2 is 1.85 bits per heavy atom. The summed E-state index contributed by atoms with van der Waals surface area (Å²) >= 11 is 0. The van der Waals surface area contributed by atoms with Crippen molar-refractivity contribution in [3.63, 3.8) is 0 Å². The van der Waals surface area contributed by atoms with Crippen LogP contribution in [0.4, 0.5) is 5.69 Å². The molecule has 6 nitrogen and oxygen atoms in total. The smallest absolute Gasteiger partial charge is 0.304 e. The number of carbonyl (C=O) groups is 2. The van der Waals surface area contributed by atoms with Crippen molar-refractivity contribution in [3.8, 4) is 0 Å². The topological polar surface area (TPSA) is 89.9 Å². The van der Waals surface area contributed by atoms with Crippen molar-refractivity contribution in [2.24, 2.45) is 0 Å². The van der Waals surface area contributed by atoms with Crippen LogP contribution in [0.1, 0.15) is 12.0 Å². The lowest BCUT2D eigenvalue weighted by Crippen LogP contribution is -2.36. The first-order valence-electron chi connectivity index (χ1n) is 6.43. The molecular formula is C14H20N2O4. The molecule has 0 saturated carbocycles. The molecule has 0 bridgehead atoms. The van der Waals surface area contributed by atoms with Gasteiger partial charge < -0.3 is 15.5 Å². The maximum atomic E-state index is 11.8. The molecule has 3 N–H and O–H groups in total. The van der Waals surface area contributed by atoms with Gasteiger partial charge in [-0.05, 0) is 19.1 Å². The van der Waals surface area contributed by atoms with Gasteiger partial charge in [-0.3, -0.25) is 14.5 Å². The zero-order valence-electron chi connectivity index (χ0n) is 11.5. The summed E-state index contributed by atoms with van der Waals surface area (Å²) in [5, 5.41) is 20.3. The highest BCUT2D eigenvalue weighted by Crippen LogP contribution is 2.08. The Kier molecular flexibility index (Phi) is 6.69. The van der Waals surface area contributed by atoms with E-state index in [0.29, 0.717) is 5.69 Å². The number of nitrogens with one attached hydrogen (secondary N) is 1. The van der Waals surface area contributed by atoms with Gasteiger partial charge in [0.05, 0.1) is 19.6 Å². The zero-order valence-corrected chi connectivity index (χ0v) is 11.5. The molecule has 1 amide bonds. The van der Waals surface area contributed by atoms with Crippen LogP contribution in [0.25, 0.3) is 0 Å². The normalized spacial score (nSPS) is 10.6. The number of benzene rings is 1. The molecule has 0 atom stereocenters. The number of aliphatic hydroxyl groups excluding tert-OH is 1. The van der Waals surface area contributed by atoms with E-state index in [1.165, 1.54) is 0 Å². The molecule has 20 heavy (non-hydrogen) atoms. The molecule has 0 radical (unpaired) electrons. The lowest BCUT2D eigenvalue weighted by molar-refractivity contribution is -0.137. The minimum absolute atomic E-state index is 0.0573. The first kappa shape index (κ1) is 16.1. The van der Waals surface area contributed by atoms with E-state index in [0.717, 1.165) is 5.56 Å². The van der Waals surface area contributed by atoms with Gasteiger partial charge in [0.1, 0.15) is 0 Å². The summed E-state index contributed by atoms with van der Waals surface area (Å²) in [4.78, 5) is 24.0. The highest BCUT2D eigenvalue weighted by Gasteiger charge is 2.12. The third kappa shape index (κ3) is 6.31. The molecule has 110 valence electrons. The van der Waals surface area contributed by atoms with Crippen molar-refractivity contribution in [2.75, 3.05) is 31.6 Å². The minimum Gasteiger partial charge on any atom is -0.481 e. The quantitative estimate of drug-likeness (QED) is 0.652. The van der Waals surface area contributed by atoms with Crippen LogP contribution in [0.2, 0.25) is 0 Å². The summed E-state index contributed by atoms with van der Waals surface area (Å²) < 4.78 is 0. The Bertz CT molecular complexity index is 445. The monoisotopic (exact) mass is 280 g/mol. The number of hydrogen-bond donors (Lipinski definition) is 3. The molecule has 0 spiro atoms. The predicted octanol–water partition coefficient (Wildman–Crippen LogP) is 0.703. The van der Waals surface area contributed by atoms with E-state index >= 15 is 0 Å². The van der Waals surface area contributed by atoms with Gasteiger partial charge in [0.2, 0.25) is 5.91 Å². The van der Waals surface area contributed by atoms with Crippen LogP contribution >= 0.6 is 0 Å². The molecule has 1 rings (SSSR count). The fourth-order valence-corrected chi connectivity index (χ4v) is 1.71. The van der Waals surface area contributed by atoms with E-state index < -0.39 is 5.97 Å². The van der Waals surface area contributed by atoms with Crippen molar-refractivity contribution in [3.05, 3.63) is 29.8 Å². The summed E-state index contributed by atoms with van der Waals surface area (Å²) in [6, 6.07) is 7.40. The molecule has 0 aliphatic rings. The molecule has 0 heterocycles. The fraction of sp³-hybridized carbons (Fsp3) is 0.429. The number of rotatable bonds is 8. The predicted molar refractivity (Wildman–Crippen MR) is 75.6 cm³/mol. The van der Waals surface area contributed by atoms with Crippen molar-refractivity contribution in [2.45, 2.75) is 13.3 Å². The number of carboxylic acid groups (broad SMARTS) is 1. The molecule has 0 aliphatic heterocycles. The van der Waals surface area contributed by atoms with Crippen molar-refractivity contribution in [1.29, 1.82) is 0 Å². The number of anilines is 1. The van der Waals surface area contributed by atoms with Crippen LogP contribution in [0, 0.1) is 6.92 Å². The fourth-order valence-electron chi connectivity index (χ4n) is 1.71. The largest absolute Gasteiger partial charge is 0.481 e. The molecule has 0 aliphatic carbocycles. The van der Waals surface area contributed by atoms with Gasteiger partial charge >= 0.3 is 5.97 Å². The third-order valence-electron chi connectivity index (χ3n) is 2.76. The third-order valence-corrected chi connectivity index (χ3v) is 2.76. The first-order valence-corrected chi connectivity index (χ1v) is 6.43. The lowest BCUT2D eigenvalue weighted by atomic mass is 10.2. The van der Waals surface area contributed by atoms with Crippen molar-refractivity contribution in [1.82, 2.24) is 4.90 Å². The van der Waals surface area contributed by atoms with Crippen LogP contribution in [0.3, 0.4) is 0 Å². The zero-order chi connectivity index (χ0) is 15.0. The molecule has 0 fully saturated rings. The van der Waals surface area contributed by atoms with Crippen LogP contribution in [-0.2, 0) is 9.59 Å². The van der Waals surface area contributed by atoms with Gasteiger partial charge in [-0.1, -0.05) is 17.7 Å². The van der Waals surface area contributed by atoms with E-state index in [2.05, 4.69) is 5.32 Å². The Labute approximate surface area is 118 Å². The Hall–Kier alpha value is -1.92. The van der Waals surface area contributed by atoms with Crippen LogP contribution in [0.15, 0.2) is 24.3 Å². The Morgan fingerprint density at radius 1 is 1.20 bits per heavy atom. The summed E-state index contributed by atoms with van der Waals surface area (Å²) in [7, 11) is 0. The number of carbonyl (C=O) groups excluding carboxylic acids is 1. The number of carboxylic acids is 1. The lowest BCUT2D eigenvalue weighted by Gasteiger charge is -2.19. The van der Waals surface area contributed by atoms with Gasteiger partial charge in [0.15, 0.2) is 0 Å². The molecular weight excluding hydrogens is 260 g/mol. The van der Waals surface area contributed by atoms with Crippen LogP contribution in [-0.4, -0.2) is 53.2 Å². The standard InChI is InChI=1S/C14H20N2O4/c1-11-2-4-12(5-3-11)15-13(18)10-16(8-9-17)7-6-14(19)20/h2-5,17H,6-10H2,1H3,(H,15,18)(H,19,20). The maximum absolute atomic E-state index is 11.8. The van der Waals surface area contributed by atoms with E-state index in [-0.39, 0.29) is 38.6 Å². The second kappa shape index (κ2) is 8.29. The molecule has 1 aromatic rings. The second-order valence-electron chi connectivity index (χ2n) is 4.56. The first-order chi connectivity index (χ1) is 9.51. The average Bonchev–Trinajstić information content (AvgIpc) is 2.39. The van der Waals surface area contributed by atoms with E-state index in [4.69, 9.17) is 10.2 Å². The van der Waals surface area contributed by atoms with Crippen molar-refractivity contribution < 1.29 is 19.8 Å². The van der Waals surface area contributed by atoms with Crippen molar-refractivity contribution >= 4 is 17.6 Å². The number of amides is 1. The van der Waals surface area contributed by atoms with Gasteiger partial charge in [0, 0.05) is 18.8 Å². The van der Waals surface area contributed by atoms with E-state index in [1.807, 2.05) is 19.1 Å². The van der Waals surface area contributed by atoms with Gasteiger partial charge in [0.25, 0.3) is 0 Å². The summed E-state index contributed by atoms with van der Waals surface area (Å²) in [6.07, 6.45) is -0.0577. The van der Waals surface area contributed by atoms with Crippen LogP contribution in [0.5, 0.6) is 0 Å². The SMILES string of the molecule is Cc1ccc(NC(=O)CN(CCO)CCC(=O)O)cc1. The number of aliphatic hydroxyl groups is 1. The molecule has 0 aromatic heterocycles. The van der Waals surface area contributed by atoms with Gasteiger partial charge in [-0.2, -0.15) is 0 Å². The molecule has 0 saturated heterocycles. The molecule has 1 aromatic carbocycles. The number of aryl methyl sites for hydroxylation is 1. The number of aliphatic carboxylic acids is 1. The Morgan fingerprint density at radius 3 is 2.40 bits per heavy atom. The van der Waals surface area contributed by atoms with Gasteiger partial charge in [-0.25, -0.2) is 0 Å². The minimum atomic E-state index is -0.924. The van der Waals surface area contributed by atoms with Gasteiger partial charge in [-0.15, -0.1) is 0 Å².